The van der Waals surface area contributed by atoms with E-state index in [0.29, 0.717) is 37.6 Å². The van der Waals surface area contributed by atoms with Crippen LogP contribution in [0.3, 0.4) is 0 Å². The number of benzene rings is 1. The summed E-state index contributed by atoms with van der Waals surface area (Å²) in [6.45, 7) is 2.27. The molecule has 0 atom stereocenters. The zero-order chi connectivity index (χ0) is 14.5. The second-order valence-electron chi connectivity index (χ2n) is 4.50. The molecular weight excluding hydrogens is 262 g/mol. The molecule has 108 valence electrons. The number of nitrogens with zero attached hydrogens (tertiary/aromatic N) is 2. The number of anilines is 1. The van der Waals surface area contributed by atoms with Crippen molar-refractivity contribution in [3.8, 4) is 0 Å². The Morgan fingerprint density at radius 1 is 1.40 bits per heavy atom. The first-order valence-corrected chi connectivity index (χ1v) is 6.46. The predicted molar refractivity (Wildman–Crippen MR) is 74.0 cm³/mol. The Morgan fingerprint density at radius 2 is 2.20 bits per heavy atom. The molecule has 0 saturated carbocycles. The third-order valence-corrected chi connectivity index (χ3v) is 3.22. The number of carbonyl (C=O) groups is 1. The maximum absolute atomic E-state index is 12.4. The molecule has 0 bridgehead atoms. The minimum absolute atomic E-state index is 0.0931. The fourth-order valence-electron chi connectivity index (χ4n) is 2.16. The Balaban J connectivity index is 2.25. The summed E-state index contributed by atoms with van der Waals surface area (Å²) in [7, 11) is 1.61. The molecule has 1 saturated heterocycles. The van der Waals surface area contributed by atoms with Gasteiger partial charge in [0.15, 0.2) is 0 Å². The molecule has 0 spiro atoms. The molecule has 1 aliphatic rings. The van der Waals surface area contributed by atoms with E-state index in [0.717, 1.165) is 6.42 Å². The predicted octanol–water partition coefficient (Wildman–Crippen LogP) is 1.50. The van der Waals surface area contributed by atoms with Crippen LogP contribution < -0.4 is 5.32 Å². The third kappa shape index (κ3) is 3.05. The summed E-state index contributed by atoms with van der Waals surface area (Å²) in [6, 6.07) is 4.48. The van der Waals surface area contributed by atoms with Crippen molar-refractivity contribution < 1.29 is 14.5 Å². The number of nitro benzene ring substituents is 1. The number of carbonyl (C=O) groups excluding carboxylic acids is 1. The molecule has 1 N–H and O–H groups in total. The quantitative estimate of drug-likeness (QED) is 0.669. The largest absolute Gasteiger partial charge is 0.383 e. The second kappa shape index (κ2) is 6.33. The van der Waals surface area contributed by atoms with Gasteiger partial charge in [-0.3, -0.25) is 14.9 Å². The van der Waals surface area contributed by atoms with Crippen LogP contribution in [0.5, 0.6) is 0 Å². The maximum Gasteiger partial charge on any atom is 0.293 e. The monoisotopic (exact) mass is 279 g/mol. The van der Waals surface area contributed by atoms with Gasteiger partial charge in [-0.05, 0) is 18.6 Å². The molecule has 7 nitrogen and oxygen atoms in total. The fourth-order valence-corrected chi connectivity index (χ4v) is 2.16. The van der Waals surface area contributed by atoms with E-state index in [1.807, 2.05) is 0 Å². The molecule has 0 unspecified atom stereocenters. The number of nitro groups is 1. The summed E-state index contributed by atoms with van der Waals surface area (Å²) < 4.78 is 5.30. The summed E-state index contributed by atoms with van der Waals surface area (Å²) in [4.78, 5) is 24.5. The van der Waals surface area contributed by atoms with Crippen LogP contribution in [0.4, 0.5) is 11.4 Å². The summed E-state index contributed by atoms with van der Waals surface area (Å²) >= 11 is 0. The molecule has 1 fully saturated rings. The van der Waals surface area contributed by atoms with E-state index < -0.39 is 4.92 Å². The van der Waals surface area contributed by atoms with E-state index in [9.17, 15) is 14.9 Å². The smallest absolute Gasteiger partial charge is 0.293 e. The van der Waals surface area contributed by atoms with Crippen LogP contribution in [-0.4, -0.2) is 49.1 Å². The van der Waals surface area contributed by atoms with Gasteiger partial charge < -0.3 is 15.0 Å². The second-order valence-corrected chi connectivity index (χ2v) is 4.50. The van der Waals surface area contributed by atoms with Crippen LogP contribution >= 0.6 is 0 Å². The molecule has 7 heteroatoms. The molecule has 1 heterocycles. The average molecular weight is 279 g/mol. The lowest BCUT2D eigenvalue weighted by Crippen LogP contribution is -2.33. The van der Waals surface area contributed by atoms with Crippen LogP contribution in [0.2, 0.25) is 0 Å². The first-order chi connectivity index (χ1) is 9.63. The molecule has 2 rings (SSSR count). The van der Waals surface area contributed by atoms with Gasteiger partial charge in [0.25, 0.3) is 11.6 Å². The lowest BCUT2D eigenvalue weighted by Gasteiger charge is -2.19. The average Bonchev–Trinajstić information content (AvgIpc) is 2.74. The maximum atomic E-state index is 12.4. The summed E-state index contributed by atoms with van der Waals surface area (Å²) in [5, 5.41) is 13.8. The van der Waals surface area contributed by atoms with Crippen molar-refractivity contribution >= 4 is 17.3 Å². The normalized spacial score (nSPS) is 15.6. The number of amides is 1. The van der Waals surface area contributed by atoms with Gasteiger partial charge in [0, 0.05) is 38.4 Å². The van der Waals surface area contributed by atoms with Gasteiger partial charge in [0.2, 0.25) is 0 Å². The summed E-state index contributed by atoms with van der Waals surface area (Å²) in [6.07, 6.45) is 0.780. The highest BCUT2D eigenvalue weighted by Gasteiger charge is 2.21. The fraction of sp³-hybridized carbons (Fsp3) is 0.462. The molecule has 1 amide bonds. The molecule has 0 aliphatic carbocycles. The minimum atomic E-state index is -0.492. The first-order valence-electron chi connectivity index (χ1n) is 6.46. The number of rotatable bonds is 3. The van der Waals surface area contributed by atoms with E-state index in [2.05, 4.69) is 5.32 Å². The van der Waals surface area contributed by atoms with Crippen molar-refractivity contribution in [2.24, 2.45) is 0 Å². The lowest BCUT2D eigenvalue weighted by atomic mass is 10.1. The zero-order valence-corrected chi connectivity index (χ0v) is 11.3. The summed E-state index contributed by atoms with van der Waals surface area (Å²) in [5.41, 5.74) is 0.632. The standard InChI is InChI=1S/C13H17N3O4/c1-14-11-4-3-10(9-12(11)16(18)19)13(17)15-5-2-7-20-8-6-15/h3-4,9,14H,2,5-8H2,1H3. The van der Waals surface area contributed by atoms with E-state index in [1.54, 1.807) is 24.1 Å². The van der Waals surface area contributed by atoms with Crippen molar-refractivity contribution in [2.45, 2.75) is 6.42 Å². The first kappa shape index (κ1) is 14.3. The summed E-state index contributed by atoms with van der Waals surface area (Å²) in [5.74, 6) is -0.193. The van der Waals surface area contributed by atoms with Gasteiger partial charge in [-0.25, -0.2) is 0 Å². The van der Waals surface area contributed by atoms with Gasteiger partial charge >= 0.3 is 0 Å². The van der Waals surface area contributed by atoms with Gasteiger partial charge in [-0.15, -0.1) is 0 Å². The van der Waals surface area contributed by atoms with Crippen molar-refractivity contribution in [1.29, 1.82) is 0 Å². The van der Waals surface area contributed by atoms with Crippen molar-refractivity contribution in [3.63, 3.8) is 0 Å². The SMILES string of the molecule is CNc1ccc(C(=O)N2CCCOCC2)cc1[N+](=O)[O-]. The Kier molecular flexibility index (Phi) is 4.52. The van der Waals surface area contributed by atoms with Crippen molar-refractivity contribution in [3.05, 3.63) is 33.9 Å². The van der Waals surface area contributed by atoms with Crippen molar-refractivity contribution in [2.75, 3.05) is 38.7 Å². The van der Waals surface area contributed by atoms with E-state index >= 15 is 0 Å². The highest BCUT2D eigenvalue weighted by molar-refractivity contribution is 5.95. The molecule has 20 heavy (non-hydrogen) atoms. The Bertz CT molecular complexity index is 510. The van der Waals surface area contributed by atoms with E-state index in [1.165, 1.54) is 6.07 Å². The number of hydrogen-bond acceptors (Lipinski definition) is 5. The Labute approximate surface area is 116 Å². The highest BCUT2D eigenvalue weighted by atomic mass is 16.6. The van der Waals surface area contributed by atoms with Gasteiger partial charge in [-0.2, -0.15) is 0 Å². The van der Waals surface area contributed by atoms with Crippen LogP contribution in [-0.2, 0) is 4.74 Å². The molecule has 1 aromatic carbocycles. The van der Waals surface area contributed by atoms with Crippen LogP contribution in [0.1, 0.15) is 16.8 Å². The number of nitrogens with one attached hydrogen (secondary N) is 1. The molecule has 0 radical (unpaired) electrons. The molecule has 1 aliphatic heterocycles. The number of ether oxygens (including phenoxy) is 1. The molecule has 0 aromatic heterocycles. The zero-order valence-electron chi connectivity index (χ0n) is 11.3. The van der Waals surface area contributed by atoms with Gasteiger partial charge in [-0.1, -0.05) is 0 Å². The molecular formula is C13H17N3O4. The minimum Gasteiger partial charge on any atom is -0.383 e. The van der Waals surface area contributed by atoms with Gasteiger partial charge in [0.05, 0.1) is 11.5 Å². The van der Waals surface area contributed by atoms with E-state index in [-0.39, 0.29) is 11.6 Å². The van der Waals surface area contributed by atoms with Gasteiger partial charge in [0.1, 0.15) is 5.69 Å². The van der Waals surface area contributed by atoms with E-state index in [4.69, 9.17) is 4.74 Å². The Morgan fingerprint density at radius 3 is 2.90 bits per heavy atom. The van der Waals surface area contributed by atoms with Crippen molar-refractivity contribution in [1.82, 2.24) is 4.90 Å². The Hall–Kier alpha value is -2.15. The number of hydrogen-bond donors (Lipinski definition) is 1. The molecule has 1 aromatic rings. The van der Waals surface area contributed by atoms with Crippen LogP contribution in [0.25, 0.3) is 0 Å². The van der Waals surface area contributed by atoms with Crippen LogP contribution in [0, 0.1) is 10.1 Å². The topological polar surface area (TPSA) is 84.7 Å². The highest BCUT2D eigenvalue weighted by Crippen LogP contribution is 2.25. The third-order valence-electron chi connectivity index (χ3n) is 3.22. The van der Waals surface area contributed by atoms with Crippen LogP contribution in [0.15, 0.2) is 18.2 Å². The lowest BCUT2D eigenvalue weighted by molar-refractivity contribution is -0.384.